The smallest absolute Gasteiger partial charge is 0.337 e. The highest BCUT2D eigenvalue weighted by Crippen LogP contribution is 2.40. The number of carbonyl (C=O) groups is 1. The zero-order valence-electron chi connectivity index (χ0n) is 16.4. The van der Waals surface area contributed by atoms with Crippen molar-refractivity contribution in [2.24, 2.45) is 5.73 Å². The maximum atomic E-state index is 13.3. The predicted octanol–water partition coefficient (Wildman–Crippen LogP) is 1.81. The van der Waals surface area contributed by atoms with Crippen LogP contribution in [0.25, 0.3) is 0 Å². The lowest BCUT2D eigenvalue weighted by Crippen LogP contribution is -2.33. The number of rotatable bonds is 5. The lowest BCUT2D eigenvalue weighted by Gasteiger charge is -2.27. The first-order valence-electron chi connectivity index (χ1n) is 8.92. The van der Waals surface area contributed by atoms with Gasteiger partial charge in [0.05, 0.1) is 30.8 Å². The van der Waals surface area contributed by atoms with E-state index in [0.717, 1.165) is 0 Å². The van der Waals surface area contributed by atoms with Crippen LogP contribution in [-0.2, 0) is 16.0 Å². The van der Waals surface area contributed by atoms with Gasteiger partial charge in [-0.25, -0.2) is 4.79 Å². The molecule has 0 unspecified atom stereocenters. The Hall–Kier alpha value is -3.57. The van der Waals surface area contributed by atoms with E-state index in [1.54, 1.807) is 48.9 Å². The molecule has 0 radical (unpaired) electrons. The molecule has 0 amide bonds. The lowest BCUT2D eigenvalue weighted by atomic mass is 9.83. The lowest BCUT2D eigenvalue weighted by molar-refractivity contribution is 0.0600. The molecular formula is C21H21N3O5. The molecule has 2 aromatic rings. The van der Waals surface area contributed by atoms with Gasteiger partial charge in [-0.1, -0.05) is 12.1 Å². The van der Waals surface area contributed by atoms with E-state index in [0.29, 0.717) is 41.3 Å². The number of carbonyl (C=O) groups excluding carboxylic acids is 1. The third kappa shape index (κ3) is 3.60. The van der Waals surface area contributed by atoms with E-state index in [9.17, 15) is 14.9 Å². The monoisotopic (exact) mass is 395 g/mol. The van der Waals surface area contributed by atoms with Gasteiger partial charge in [-0.15, -0.1) is 0 Å². The first-order valence-corrected chi connectivity index (χ1v) is 8.92. The number of benzene rings is 1. The Morgan fingerprint density at radius 2 is 2.00 bits per heavy atom. The summed E-state index contributed by atoms with van der Waals surface area (Å²) in [6, 6.07) is 10.3. The second-order valence-electron chi connectivity index (χ2n) is 6.55. The summed E-state index contributed by atoms with van der Waals surface area (Å²) in [4.78, 5) is 25.0. The molecule has 8 nitrogen and oxygen atoms in total. The Balaban J connectivity index is 2.20. The second-order valence-corrected chi connectivity index (χ2v) is 6.55. The van der Waals surface area contributed by atoms with E-state index >= 15 is 0 Å². The maximum absolute atomic E-state index is 13.3. The number of hydrogen-bond donors (Lipinski definition) is 1. The minimum absolute atomic E-state index is 0.0458. The second kappa shape index (κ2) is 8.20. The normalized spacial score (nSPS) is 15.3. The van der Waals surface area contributed by atoms with Crippen LogP contribution >= 0.6 is 0 Å². The van der Waals surface area contributed by atoms with Crippen LogP contribution in [0.2, 0.25) is 0 Å². The number of nitrogens with two attached hydrogens (primary N) is 1. The topological polar surface area (TPSA) is 117 Å². The Bertz CT molecular complexity index is 1080. The number of aryl methyl sites for hydroxylation is 1. The van der Waals surface area contributed by atoms with Crippen LogP contribution in [0.1, 0.15) is 33.1 Å². The molecule has 8 heteroatoms. The fraction of sp³-hybridized carbons (Fsp3) is 0.286. The summed E-state index contributed by atoms with van der Waals surface area (Å²) in [6.07, 6.45) is 0. The van der Waals surface area contributed by atoms with Gasteiger partial charge >= 0.3 is 5.97 Å². The van der Waals surface area contributed by atoms with Gasteiger partial charge in [0.1, 0.15) is 17.4 Å². The molecule has 0 saturated heterocycles. The van der Waals surface area contributed by atoms with Crippen LogP contribution in [0.5, 0.6) is 5.75 Å². The van der Waals surface area contributed by atoms with Gasteiger partial charge < -0.3 is 24.5 Å². The minimum atomic E-state index is -0.711. The number of pyridine rings is 1. The van der Waals surface area contributed by atoms with Gasteiger partial charge in [-0.05, 0) is 24.6 Å². The summed E-state index contributed by atoms with van der Waals surface area (Å²) in [5.74, 6) is -0.912. The fourth-order valence-electron chi connectivity index (χ4n) is 3.41. The maximum Gasteiger partial charge on any atom is 0.337 e. The van der Waals surface area contributed by atoms with Crippen molar-refractivity contribution in [2.75, 3.05) is 20.8 Å². The largest absolute Gasteiger partial charge is 0.465 e. The van der Waals surface area contributed by atoms with E-state index in [1.807, 2.05) is 0 Å². The number of methoxy groups -OCH3 is 2. The zero-order chi connectivity index (χ0) is 21.1. The third-order valence-corrected chi connectivity index (χ3v) is 4.87. The summed E-state index contributed by atoms with van der Waals surface area (Å²) in [6.45, 7) is 2.52. The Kier molecular flexibility index (Phi) is 5.71. The molecule has 0 bridgehead atoms. The van der Waals surface area contributed by atoms with E-state index in [2.05, 4.69) is 6.07 Å². The van der Waals surface area contributed by atoms with Crippen molar-refractivity contribution in [2.45, 2.75) is 19.4 Å². The quantitative estimate of drug-likeness (QED) is 0.767. The predicted molar refractivity (Wildman–Crippen MR) is 104 cm³/mol. The van der Waals surface area contributed by atoms with Crippen molar-refractivity contribution in [3.63, 3.8) is 0 Å². The summed E-state index contributed by atoms with van der Waals surface area (Å²) >= 11 is 0. The number of nitrogens with zero attached hydrogens (tertiary/aromatic N) is 2. The number of nitriles is 1. The molecule has 2 heterocycles. The van der Waals surface area contributed by atoms with Crippen molar-refractivity contribution in [1.29, 1.82) is 5.26 Å². The fourth-order valence-corrected chi connectivity index (χ4v) is 3.41. The number of hydrogen-bond acceptors (Lipinski definition) is 7. The van der Waals surface area contributed by atoms with Crippen molar-refractivity contribution >= 4 is 5.97 Å². The molecule has 0 aliphatic carbocycles. The number of aromatic nitrogens is 1. The van der Waals surface area contributed by atoms with Crippen LogP contribution < -0.4 is 16.0 Å². The summed E-state index contributed by atoms with van der Waals surface area (Å²) in [7, 11) is 2.86. The molecule has 1 atom stereocenters. The zero-order valence-corrected chi connectivity index (χ0v) is 16.4. The minimum Gasteiger partial charge on any atom is -0.465 e. The molecule has 0 spiro atoms. The average Bonchev–Trinajstić information content (AvgIpc) is 2.72. The van der Waals surface area contributed by atoms with E-state index in [-0.39, 0.29) is 17.0 Å². The highest BCUT2D eigenvalue weighted by Gasteiger charge is 2.34. The molecule has 1 aliphatic heterocycles. The van der Waals surface area contributed by atoms with Gasteiger partial charge in [0.2, 0.25) is 5.88 Å². The number of ether oxygens (including phenoxy) is 3. The molecule has 2 N–H and O–H groups in total. The van der Waals surface area contributed by atoms with Crippen LogP contribution in [-0.4, -0.2) is 31.4 Å². The van der Waals surface area contributed by atoms with Gasteiger partial charge in [0.15, 0.2) is 0 Å². The van der Waals surface area contributed by atoms with Gasteiger partial charge in [-0.3, -0.25) is 4.79 Å². The molecule has 0 saturated carbocycles. The van der Waals surface area contributed by atoms with Crippen molar-refractivity contribution in [3.05, 3.63) is 74.5 Å². The van der Waals surface area contributed by atoms with E-state index in [1.165, 1.54) is 7.11 Å². The molecule has 1 aliphatic rings. The first kappa shape index (κ1) is 20.2. The standard InChI is InChI=1S/C21H21N3O5/c1-12-10-16-18(20(25)24(12)8-9-27-2)17(15(11-22)19(23)29-16)13-4-6-14(7-5-13)21(26)28-3/h4-7,10,17H,8-9,23H2,1-3H3/t17-/m0/s1. The molecule has 0 fully saturated rings. The molecular weight excluding hydrogens is 374 g/mol. The number of esters is 1. The van der Waals surface area contributed by atoms with Crippen LogP contribution in [0.4, 0.5) is 0 Å². The summed E-state index contributed by atoms with van der Waals surface area (Å²) in [5, 5.41) is 9.69. The van der Waals surface area contributed by atoms with Gasteiger partial charge in [0.25, 0.3) is 5.56 Å². The van der Waals surface area contributed by atoms with E-state index in [4.69, 9.17) is 19.9 Å². The van der Waals surface area contributed by atoms with Crippen molar-refractivity contribution in [1.82, 2.24) is 4.57 Å². The Morgan fingerprint density at radius 3 is 2.59 bits per heavy atom. The van der Waals surface area contributed by atoms with Gasteiger partial charge in [0, 0.05) is 25.4 Å². The van der Waals surface area contributed by atoms with Gasteiger partial charge in [-0.2, -0.15) is 5.26 Å². The molecule has 3 rings (SSSR count). The molecule has 29 heavy (non-hydrogen) atoms. The first-order chi connectivity index (χ1) is 13.9. The Labute approximate surface area is 167 Å². The molecule has 1 aromatic carbocycles. The van der Waals surface area contributed by atoms with Crippen LogP contribution in [0, 0.1) is 18.3 Å². The molecule has 1 aromatic heterocycles. The highest BCUT2D eigenvalue weighted by molar-refractivity contribution is 5.89. The van der Waals surface area contributed by atoms with Crippen molar-refractivity contribution < 1.29 is 19.0 Å². The number of fused-ring (bicyclic) bond motifs is 1. The average molecular weight is 395 g/mol. The third-order valence-electron chi connectivity index (χ3n) is 4.87. The van der Waals surface area contributed by atoms with Crippen LogP contribution in [0.3, 0.4) is 0 Å². The summed E-state index contributed by atoms with van der Waals surface area (Å²) in [5.41, 5.74) is 7.86. The highest BCUT2D eigenvalue weighted by atomic mass is 16.5. The molecule has 150 valence electrons. The van der Waals surface area contributed by atoms with Crippen LogP contribution in [0.15, 0.2) is 46.6 Å². The Morgan fingerprint density at radius 1 is 1.31 bits per heavy atom. The van der Waals surface area contributed by atoms with E-state index < -0.39 is 11.9 Å². The van der Waals surface area contributed by atoms with Crippen molar-refractivity contribution in [3.8, 4) is 11.8 Å². The number of allylic oxidation sites excluding steroid dienone is 1. The SMILES string of the molecule is COCCn1c(C)cc2c(c1=O)[C@@H](c1ccc(C(=O)OC)cc1)C(C#N)=C(N)O2. The summed E-state index contributed by atoms with van der Waals surface area (Å²) < 4.78 is 17.0.